The van der Waals surface area contributed by atoms with Crippen LogP contribution in [-0.2, 0) is 5.41 Å². The van der Waals surface area contributed by atoms with Crippen molar-refractivity contribution in [3.8, 4) is 0 Å². The van der Waals surface area contributed by atoms with Gasteiger partial charge < -0.3 is 24.5 Å². The lowest BCUT2D eigenvalue weighted by molar-refractivity contribution is 0.00374. The summed E-state index contributed by atoms with van der Waals surface area (Å²) in [6, 6.07) is 8.71. The summed E-state index contributed by atoms with van der Waals surface area (Å²) < 4.78 is 5.54. The van der Waals surface area contributed by atoms with Gasteiger partial charge in [0.2, 0.25) is 0 Å². The van der Waals surface area contributed by atoms with Gasteiger partial charge in [-0.1, -0.05) is 25.9 Å². The molecule has 184 valence electrons. The van der Waals surface area contributed by atoms with E-state index in [1.165, 1.54) is 44.6 Å². The zero-order valence-electron chi connectivity index (χ0n) is 21.0. The van der Waals surface area contributed by atoms with Gasteiger partial charge in [0.1, 0.15) is 0 Å². The molecule has 3 fully saturated rings. The van der Waals surface area contributed by atoms with Gasteiger partial charge in [0, 0.05) is 74.9 Å². The Morgan fingerprint density at radius 3 is 2.41 bits per heavy atom. The number of carbonyl (C=O) groups excluding carboxylic acids is 1. The van der Waals surface area contributed by atoms with E-state index in [4.69, 9.17) is 4.52 Å². The number of hydrogen-bond acceptors (Lipinski definition) is 7. The predicted molar refractivity (Wildman–Crippen MR) is 133 cm³/mol. The zero-order chi connectivity index (χ0) is 23.9. The Morgan fingerprint density at radius 2 is 1.79 bits per heavy atom. The van der Waals surface area contributed by atoms with Crippen molar-refractivity contribution in [3.63, 3.8) is 0 Å². The Kier molecular flexibility index (Phi) is 6.04. The number of nitrogens with zero attached hydrogens (tertiary/aromatic N) is 5. The van der Waals surface area contributed by atoms with Crippen molar-refractivity contribution in [3.05, 3.63) is 35.7 Å². The largest absolute Gasteiger partial charge is 0.371 e. The summed E-state index contributed by atoms with van der Waals surface area (Å²) in [6.45, 7) is 14.2. The zero-order valence-corrected chi connectivity index (χ0v) is 21.0. The van der Waals surface area contributed by atoms with Gasteiger partial charge in [-0.15, -0.1) is 0 Å². The van der Waals surface area contributed by atoms with Gasteiger partial charge >= 0.3 is 6.01 Å². The van der Waals surface area contributed by atoms with E-state index < -0.39 is 0 Å². The second-order valence-electron chi connectivity index (χ2n) is 11.5. The number of benzene rings is 1. The molecule has 8 nitrogen and oxygen atoms in total. The Hall–Kier alpha value is -2.61. The van der Waals surface area contributed by atoms with Crippen molar-refractivity contribution in [2.75, 3.05) is 62.7 Å². The lowest BCUT2D eigenvalue weighted by Crippen LogP contribution is -2.59. The minimum atomic E-state index is -0.0849. The van der Waals surface area contributed by atoms with Crippen molar-refractivity contribution >= 4 is 17.6 Å². The van der Waals surface area contributed by atoms with Crippen LogP contribution in [0.1, 0.15) is 56.2 Å². The highest BCUT2D eigenvalue weighted by molar-refractivity contribution is 5.94. The van der Waals surface area contributed by atoms with Crippen molar-refractivity contribution in [1.29, 1.82) is 0 Å². The van der Waals surface area contributed by atoms with Crippen molar-refractivity contribution in [2.45, 2.75) is 45.4 Å². The first kappa shape index (κ1) is 23.1. The molecular formula is C26H38N6O2. The second kappa shape index (κ2) is 8.87. The minimum Gasteiger partial charge on any atom is -0.371 e. The van der Waals surface area contributed by atoms with Gasteiger partial charge in [-0.2, -0.15) is 4.98 Å². The smallest absolute Gasteiger partial charge is 0.324 e. The van der Waals surface area contributed by atoms with Gasteiger partial charge in [0.05, 0.1) is 0 Å². The van der Waals surface area contributed by atoms with Crippen LogP contribution < -0.4 is 15.1 Å². The van der Waals surface area contributed by atoms with E-state index in [1.807, 2.05) is 12.1 Å². The molecule has 3 saturated heterocycles. The van der Waals surface area contributed by atoms with E-state index in [-0.39, 0.29) is 11.3 Å². The van der Waals surface area contributed by atoms with Crippen molar-refractivity contribution in [1.82, 2.24) is 20.4 Å². The first-order chi connectivity index (χ1) is 16.2. The summed E-state index contributed by atoms with van der Waals surface area (Å²) in [7, 11) is 1.67. The van der Waals surface area contributed by atoms with E-state index in [1.54, 1.807) is 7.05 Å². The molecule has 0 atom stereocenters. The second-order valence-corrected chi connectivity index (χ2v) is 11.5. The van der Waals surface area contributed by atoms with Crippen molar-refractivity contribution < 1.29 is 9.32 Å². The number of amides is 1. The molecular weight excluding hydrogens is 428 g/mol. The predicted octanol–water partition coefficient (Wildman–Crippen LogP) is 3.16. The molecule has 0 saturated carbocycles. The van der Waals surface area contributed by atoms with Crippen LogP contribution in [0.4, 0.5) is 11.7 Å². The van der Waals surface area contributed by atoms with E-state index >= 15 is 0 Å². The molecule has 0 radical (unpaired) electrons. The van der Waals surface area contributed by atoms with Crippen LogP contribution in [0.3, 0.4) is 0 Å². The maximum atomic E-state index is 11.8. The molecule has 34 heavy (non-hydrogen) atoms. The molecule has 1 amide bonds. The molecule has 0 unspecified atom stereocenters. The molecule has 5 rings (SSSR count). The minimum absolute atomic E-state index is 0.0309. The summed E-state index contributed by atoms with van der Waals surface area (Å²) in [5, 5.41) is 6.86. The molecule has 3 aliphatic heterocycles. The van der Waals surface area contributed by atoms with E-state index in [0.29, 0.717) is 11.4 Å². The summed E-state index contributed by atoms with van der Waals surface area (Å²) >= 11 is 0. The number of hydrogen-bond donors (Lipinski definition) is 1. The molecule has 0 aliphatic carbocycles. The van der Waals surface area contributed by atoms with Crippen LogP contribution in [0.15, 0.2) is 28.8 Å². The quantitative estimate of drug-likeness (QED) is 0.725. The first-order valence-electron chi connectivity index (χ1n) is 12.6. The SMILES string of the molecule is CNC(=O)c1ccc(N2CCC3(CN(CC4CCN(c5nc(C(C)(C)C)no5)CC4)C3)C2)cc1. The fraction of sp³-hybridized carbons (Fsp3) is 0.654. The van der Waals surface area contributed by atoms with Crippen LogP contribution in [0.2, 0.25) is 0 Å². The molecule has 1 aromatic carbocycles. The fourth-order valence-corrected chi connectivity index (χ4v) is 5.73. The van der Waals surface area contributed by atoms with Crippen LogP contribution in [-0.4, -0.2) is 73.8 Å². The number of likely N-dealkylation sites (tertiary alicyclic amines) is 1. The van der Waals surface area contributed by atoms with Crippen LogP contribution in [0.25, 0.3) is 0 Å². The highest BCUT2D eigenvalue weighted by atomic mass is 16.5. The third-order valence-corrected chi connectivity index (χ3v) is 7.77. The van der Waals surface area contributed by atoms with Gasteiger partial charge in [0.25, 0.3) is 5.91 Å². The number of piperidine rings is 1. The van der Waals surface area contributed by atoms with E-state index in [9.17, 15) is 4.79 Å². The maximum Gasteiger partial charge on any atom is 0.324 e. The molecule has 2 aromatic rings. The highest BCUT2D eigenvalue weighted by Gasteiger charge is 2.48. The highest BCUT2D eigenvalue weighted by Crippen LogP contribution is 2.42. The number of aromatic nitrogens is 2. The third kappa shape index (κ3) is 4.65. The first-order valence-corrected chi connectivity index (χ1v) is 12.6. The Balaban J connectivity index is 1.07. The van der Waals surface area contributed by atoms with Gasteiger partial charge in [0.15, 0.2) is 5.82 Å². The number of anilines is 2. The monoisotopic (exact) mass is 466 g/mol. The summed E-state index contributed by atoms with van der Waals surface area (Å²) in [6.07, 6.45) is 3.62. The molecule has 1 spiro atoms. The molecule has 3 aliphatic rings. The van der Waals surface area contributed by atoms with Crippen LogP contribution >= 0.6 is 0 Å². The number of carbonyl (C=O) groups is 1. The average molecular weight is 467 g/mol. The van der Waals surface area contributed by atoms with Crippen LogP contribution in [0.5, 0.6) is 0 Å². The lowest BCUT2D eigenvalue weighted by atomic mass is 9.78. The Bertz CT molecular complexity index is 997. The third-order valence-electron chi connectivity index (χ3n) is 7.77. The summed E-state index contributed by atoms with van der Waals surface area (Å²) in [5.41, 5.74) is 2.30. The van der Waals surface area contributed by atoms with Gasteiger partial charge in [-0.3, -0.25) is 4.79 Å². The molecule has 0 bridgehead atoms. The van der Waals surface area contributed by atoms with Gasteiger partial charge in [-0.25, -0.2) is 0 Å². The molecule has 8 heteroatoms. The van der Waals surface area contributed by atoms with Crippen LogP contribution in [0, 0.1) is 11.3 Å². The normalized spacial score (nSPS) is 21.2. The molecule has 4 heterocycles. The van der Waals surface area contributed by atoms with Crippen molar-refractivity contribution in [2.24, 2.45) is 11.3 Å². The summed E-state index contributed by atoms with van der Waals surface area (Å²) in [4.78, 5) is 23.8. The fourth-order valence-electron chi connectivity index (χ4n) is 5.73. The van der Waals surface area contributed by atoms with E-state index in [2.05, 4.69) is 63.1 Å². The van der Waals surface area contributed by atoms with Gasteiger partial charge in [-0.05, 0) is 49.4 Å². The summed E-state index contributed by atoms with van der Waals surface area (Å²) in [5.74, 6) is 1.49. The maximum absolute atomic E-state index is 11.8. The number of rotatable bonds is 5. The topological polar surface area (TPSA) is 77.7 Å². The Labute approximate surface area is 202 Å². The average Bonchev–Trinajstić information content (AvgIpc) is 3.47. The molecule has 1 N–H and O–H groups in total. The number of nitrogens with one attached hydrogen (secondary N) is 1. The lowest BCUT2D eigenvalue weighted by Gasteiger charge is -2.50. The van der Waals surface area contributed by atoms with E-state index in [0.717, 1.165) is 43.5 Å². The standard InChI is InChI=1S/C26H38N6O2/c1-25(2,3)23-28-24(34-29-23)31-12-9-19(10-13-31)15-30-16-26(17-30)11-14-32(18-26)21-7-5-20(6-8-21)22(33)27-4/h5-8,19H,9-18H2,1-4H3,(H,27,33). The molecule has 1 aromatic heterocycles. The Morgan fingerprint density at radius 1 is 1.09 bits per heavy atom.